The summed E-state index contributed by atoms with van der Waals surface area (Å²) < 4.78 is 11.0. The summed E-state index contributed by atoms with van der Waals surface area (Å²) in [5.74, 6) is 0.0769. The van der Waals surface area contributed by atoms with Gasteiger partial charge in [0.15, 0.2) is 0 Å². The normalized spacial score (nSPS) is 33.9. The number of amides is 1. The number of carbonyl (C=O) groups excluding carboxylic acids is 1. The second-order valence-electron chi connectivity index (χ2n) is 6.57. The van der Waals surface area contributed by atoms with E-state index in [1.165, 1.54) is 0 Å². The zero-order chi connectivity index (χ0) is 15.0. The van der Waals surface area contributed by atoms with E-state index in [-0.39, 0.29) is 23.5 Å². The Morgan fingerprint density at radius 2 is 1.95 bits per heavy atom. The van der Waals surface area contributed by atoms with Gasteiger partial charge in [-0.3, -0.25) is 4.79 Å². The van der Waals surface area contributed by atoms with E-state index in [4.69, 9.17) is 15.2 Å². The molecule has 1 amide bonds. The number of nitrogens with two attached hydrogens (primary N) is 1. The maximum absolute atomic E-state index is 12.8. The molecule has 2 N–H and O–H groups in total. The Hall–Kier alpha value is -0.650. The molecule has 0 radical (unpaired) electrons. The Balaban J connectivity index is 1.99. The third kappa shape index (κ3) is 2.36. The molecule has 1 heterocycles. The van der Waals surface area contributed by atoms with Crippen LogP contribution in [-0.4, -0.2) is 55.4 Å². The molecule has 1 saturated carbocycles. The van der Waals surface area contributed by atoms with Crippen molar-refractivity contribution in [1.29, 1.82) is 0 Å². The fraction of sp³-hybridized carbons (Fsp3) is 0.933. The molecule has 2 fully saturated rings. The molecule has 20 heavy (non-hydrogen) atoms. The minimum absolute atomic E-state index is 0.0769. The van der Waals surface area contributed by atoms with Crippen molar-refractivity contribution < 1.29 is 14.3 Å². The predicted molar refractivity (Wildman–Crippen MR) is 77.3 cm³/mol. The first-order valence-corrected chi connectivity index (χ1v) is 7.59. The van der Waals surface area contributed by atoms with Crippen molar-refractivity contribution in [1.82, 2.24) is 4.90 Å². The third-order valence-electron chi connectivity index (χ3n) is 5.27. The lowest BCUT2D eigenvalue weighted by Crippen LogP contribution is -2.76. The van der Waals surface area contributed by atoms with E-state index in [2.05, 4.69) is 0 Å². The van der Waals surface area contributed by atoms with Gasteiger partial charge < -0.3 is 20.1 Å². The SMILES string of the molecule is CCOC1CC(N)(C(=O)N2CCC(OC)CC2)C1(C)C. The minimum Gasteiger partial charge on any atom is -0.381 e. The van der Waals surface area contributed by atoms with Gasteiger partial charge in [0, 0.05) is 38.6 Å². The van der Waals surface area contributed by atoms with Crippen LogP contribution in [0.5, 0.6) is 0 Å². The molecule has 116 valence electrons. The predicted octanol–water partition coefficient (Wildman–Crippen LogP) is 1.16. The van der Waals surface area contributed by atoms with E-state index >= 15 is 0 Å². The van der Waals surface area contributed by atoms with Crippen molar-refractivity contribution in [3.05, 3.63) is 0 Å². The quantitative estimate of drug-likeness (QED) is 0.841. The first kappa shape index (κ1) is 15.7. The van der Waals surface area contributed by atoms with Crippen LogP contribution in [0.15, 0.2) is 0 Å². The number of nitrogens with zero attached hydrogens (tertiary/aromatic N) is 1. The molecule has 2 unspecified atom stereocenters. The molecule has 5 nitrogen and oxygen atoms in total. The number of methoxy groups -OCH3 is 1. The average molecular weight is 284 g/mol. The number of likely N-dealkylation sites (tertiary alicyclic amines) is 1. The van der Waals surface area contributed by atoms with Gasteiger partial charge in [0.05, 0.1) is 12.2 Å². The highest BCUT2D eigenvalue weighted by atomic mass is 16.5. The number of carbonyl (C=O) groups is 1. The fourth-order valence-electron chi connectivity index (χ4n) is 3.37. The van der Waals surface area contributed by atoms with Gasteiger partial charge >= 0.3 is 0 Å². The second-order valence-corrected chi connectivity index (χ2v) is 6.57. The molecule has 0 aromatic carbocycles. The van der Waals surface area contributed by atoms with Crippen LogP contribution in [0.2, 0.25) is 0 Å². The summed E-state index contributed by atoms with van der Waals surface area (Å²) >= 11 is 0. The van der Waals surface area contributed by atoms with Gasteiger partial charge in [-0.25, -0.2) is 0 Å². The third-order valence-corrected chi connectivity index (χ3v) is 5.27. The molecule has 2 rings (SSSR count). The van der Waals surface area contributed by atoms with Crippen LogP contribution in [0.1, 0.15) is 40.0 Å². The topological polar surface area (TPSA) is 64.8 Å². The first-order chi connectivity index (χ1) is 9.36. The van der Waals surface area contributed by atoms with Crippen LogP contribution in [0, 0.1) is 5.41 Å². The lowest BCUT2D eigenvalue weighted by atomic mass is 9.54. The molecule has 2 aliphatic rings. The van der Waals surface area contributed by atoms with E-state index in [9.17, 15) is 4.79 Å². The number of rotatable bonds is 4. The van der Waals surface area contributed by atoms with Crippen LogP contribution < -0.4 is 5.73 Å². The molecular weight excluding hydrogens is 256 g/mol. The Morgan fingerprint density at radius 1 is 1.35 bits per heavy atom. The van der Waals surface area contributed by atoms with Crippen molar-refractivity contribution in [3.63, 3.8) is 0 Å². The maximum Gasteiger partial charge on any atom is 0.243 e. The molecule has 1 aliphatic carbocycles. The largest absolute Gasteiger partial charge is 0.381 e. The Kier molecular flexibility index (Phi) is 4.42. The number of ether oxygens (including phenoxy) is 2. The molecule has 2 atom stereocenters. The zero-order valence-corrected chi connectivity index (χ0v) is 13.1. The van der Waals surface area contributed by atoms with Gasteiger partial charge in [0.2, 0.25) is 5.91 Å². The van der Waals surface area contributed by atoms with Crippen molar-refractivity contribution >= 4 is 5.91 Å². The van der Waals surface area contributed by atoms with Crippen LogP contribution >= 0.6 is 0 Å². The van der Waals surface area contributed by atoms with Crippen molar-refractivity contribution in [2.75, 3.05) is 26.8 Å². The molecule has 1 aliphatic heterocycles. The summed E-state index contributed by atoms with van der Waals surface area (Å²) in [6, 6.07) is 0. The fourth-order valence-corrected chi connectivity index (χ4v) is 3.37. The molecule has 0 aromatic rings. The maximum atomic E-state index is 12.8. The standard InChI is InChI=1S/C15H28N2O3/c1-5-20-12-10-15(16,14(12,2)3)13(18)17-8-6-11(19-4)7-9-17/h11-12H,5-10,16H2,1-4H3. The lowest BCUT2D eigenvalue weighted by molar-refractivity contribution is -0.180. The van der Waals surface area contributed by atoms with Crippen LogP contribution in [0.25, 0.3) is 0 Å². The molecular formula is C15H28N2O3. The summed E-state index contributed by atoms with van der Waals surface area (Å²) in [7, 11) is 1.73. The van der Waals surface area contributed by atoms with Gasteiger partial charge in [-0.2, -0.15) is 0 Å². The van der Waals surface area contributed by atoms with E-state index < -0.39 is 5.54 Å². The number of piperidine rings is 1. The first-order valence-electron chi connectivity index (χ1n) is 7.59. The molecule has 0 bridgehead atoms. The molecule has 1 saturated heterocycles. The van der Waals surface area contributed by atoms with Gasteiger partial charge in [0.25, 0.3) is 0 Å². The summed E-state index contributed by atoms with van der Waals surface area (Å²) in [6.45, 7) is 8.20. The van der Waals surface area contributed by atoms with Gasteiger partial charge in [-0.05, 0) is 19.8 Å². The lowest BCUT2D eigenvalue weighted by Gasteiger charge is -2.59. The van der Waals surface area contributed by atoms with Crippen LogP contribution in [0.4, 0.5) is 0 Å². The van der Waals surface area contributed by atoms with E-state index in [0.717, 1.165) is 25.9 Å². The van der Waals surface area contributed by atoms with Crippen molar-refractivity contribution in [2.45, 2.75) is 57.8 Å². The average Bonchev–Trinajstić information content (AvgIpc) is 2.46. The summed E-state index contributed by atoms with van der Waals surface area (Å²) in [5.41, 5.74) is 5.35. The highest BCUT2D eigenvalue weighted by molar-refractivity contribution is 5.89. The summed E-state index contributed by atoms with van der Waals surface area (Å²) in [5, 5.41) is 0. The highest BCUT2D eigenvalue weighted by Gasteiger charge is 2.63. The summed E-state index contributed by atoms with van der Waals surface area (Å²) in [4.78, 5) is 14.7. The van der Waals surface area contributed by atoms with E-state index in [0.29, 0.717) is 13.0 Å². The van der Waals surface area contributed by atoms with Gasteiger partial charge in [-0.1, -0.05) is 13.8 Å². The van der Waals surface area contributed by atoms with Gasteiger partial charge in [0.1, 0.15) is 5.54 Å². The van der Waals surface area contributed by atoms with E-state index in [1.54, 1.807) is 7.11 Å². The summed E-state index contributed by atoms with van der Waals surface area (Å²) in [6.07, 6.45) is 2.77. The molecule has 0 spiro atoms. The monoisotopic (exact) mass is 284 g/mol. The smallest absolute Gasteiger partial charge is 0.243 e. The highest BCUT2D eigenvalue weighted by Crippen LogP contribution is 2.50. The number of hydrogen-bond acceptors (Lipinski definition) is 4. The Bertz CT molecular complexity index is 364. The Morgan fingerprint density at radius 3 is 2.40 bits per heavy atom. The van der Waals surface area contributed by atoms with Crippen molar-refractivity contribution in [3.8, 4) is 0 Å². The Labute approximate surface area is 121 Å². The van der Waals surface area contributed by atoms with Crippen molar-refractivity contribution in [2.24, 2.45) is 11.1 Å². The van der Waals surface area contributed by atoms with E-state index in [1.807, 2.05) is 25.7 Å². The zero-order valence-electron chi connectivity index (χ0n) is 13.1. The van der Waals surface area contributed by atoms with Crippen LogP contribution in [0.3, 0.4) is 0 Å². The van der Waals surface area contributed by atoms with Gasteiger partial charge in [-0.15, -0.1) is 0 Å². The number of hydrogen-bond donors (Lipinski definition) is 1. The molecule has 0 aromatic heterocycles. The second kappa shape index (κ2) is 5.62. The minimum atomic E-state index is -0.785. The molecule has 5 heteroatoms. The van der Waals surface area contributed by atoms with Crippen LogP contribution in [-0.2, 0) is 14.3 Å².